The van der Waals surface area contributed by atoms with Crippen LogP contribution < -0.4 is 10.6 Å². The molecule has 0 aliphatic rings. The summed E-state index contributed by atoms with van der Waals surface area (Å²) in [5.74, 6) is 0. The van der Waals surface area contributed by atoms with Gasteiger partial charge in [0, 0.05) is 13.1 Å². The number of carbonyl (C=O) groups excluding carboxylic acids is 1. The van der Waals surface area contributed by atoms with Crippen molar-refractivity contribution in [3.63, 3.8) is 0 Å². The number of carbonyl (C=O) groups is 1. The monoisotopic (exact) mass is 218 g/mol. The van der Waals surface area contributed by atoms with Crippen molar-refractivity contribution in [2.24, 2.45) is 0 Å². The van der Waals surface area contributed by atoms with Crippen LogP contribution in [0.3, 0.4) is 0 Å². The molecule has 94 valence electrons. The van der Waals surface area contributed by atoms with Crippen molar-refractivity contribution in [1.82, 2.24) is 10.6 Å². The van der Waals surface area contributed by atoms with Crippen molar-refractivity contribution < 1.29 is 4.79 Å². The van der Waals surface area contributed by atoms with Crippen molar-refractivity contribution in [1.29, 1.82) is 0 Å². The molecular formula is C12H30N2O. The fourth-order valence-electron chi connectivity index (χ4n) is 0.680. The summed E-state index contributed by atoms with van der Waals surface area (Å²) in [6.45, 7) is 13.7. The maximum Gasteiger partial charge on any atom is 0.314 e. The quantitative estimate of drug-likeness (QED) is 0.681. The largest absolute Gasteiger partial charge is 0.338 e. The lowest BCUT2D eigenvalue weighted by Crippen LogP contribution is -2.36. The number of amides is 2. The zero-order chi connectivity index (χ0) is 12.5. The molecule has 0 fully saturated rings. The molecule has 0 aliphatic carbocycles. The summed E-state index contributed by atoms with van der Waals surface area (Å²) in [7, 11) is 0. The summed E-state index contributed by atoms with van der Waals surface area (Å²) < 4.78 is 0. The summed E-state index contributed by atoms with van der Waals surface area (Å²) in [5, 5.41) is 5.51. The smallest absolute Gasteiger partial charge is 0.314 e. The summed E-state index contributed by atoms with van der Waals surface area (Å²) in [5.41, 5.74) is 0. The number of hydrogen-bond acceptors (Lipinski definition) is 1. The van der Waals surface area contributed by atoms with E-state index in [2.05, 4.69) is 17.6 Å². The van der Waals surface area contributed by atoms with Gasteiger partial charge in [0.2, 0.25) is 0 Å². The van der Waals surface area contributed by atoms with Crippen LogP contribution in [0, 0.1) is 0 Å². The Bertz CT molecular complexity index is 106. The summed E-state index contributed by atoms with van der Waals surface area (Å²) in [4.78, 5) is 10.9. The van der Waals surface area contributed by atoms with Crippen LogP contribution in [0.2, 0.25) is 0 Å². The van der Waals surface area contributed by atoms with E-state index in [1.807, 2.05) is 34.6 Å². The minimum absolute atomic E-state index is 0.0414. The maximum absolute atomic E-state index is 10.9. The van der Waals surface area contributed by atoms with Gasteiger partial charge in [-0.15, -0.1) is 0 Å². The second kappa shape index (κ2) is 23.2. The molecule has 0 atom stereocenters. The summed E-state index contributed by atoms with van der Waals surface area (Å²) >= 11 is 0. The maximum atomic E-state index is 10.9. The number of hydrogen-bond donors (Lipinski definition) is 2. The Kier molecular flexibility index (Phi) is 30.7. The Morgan fingerprint density at radius 1 is 0.867 bits per heavy atom. The molecule has 0 aromatic heterocycles. The van der Waals surface area contributed by atoms with E-state index in [0.29, 0.717) is 0 Å². The average molecular weight is 218 g/mol. The van der Waals surface area contributed by atoms with Gasteiger partial charge in [-0.2, -0.15) is 0 Å². The van der Waals surface area contributed by atoms with Crippen molar-refractivity contribution in [2.45, 2.75) is 60.8 Å². The highest BCUT2D eigenvalue weighted by atomic mass is 16.2. The Labute approximate surface area is 96.0 Å². The zero-order valence-corrected chi connectivity index (χ0v) is 11.4. The van der Waals surface area contributed by atoms with Crippen LogP contribution in [0.15, 0.2) is 0 Å². The first-order valence-corrected chi connectivity index (χ1v) is 6.33. The normalized spacial score (nSPS) is 7.60. The van der Waals surface area contributed by atoms with Crippen molar-refractivity contribution in [2.75, 3.05) is 13.1 Å². The van der Waals surface area contributed by atoms with E-state index in [1.165, 1.54) is 0 Å². The van der Waals surface area contributed by atoms with Crippen LogP contribution in [0.25, 0.3) is 0 Å². The predicted octanol–water partition coefficient (Wildman–Crippen LogP) is 3.55. The second-order valence-corrected chi connectivity index (χ2v) is 2.54. The molecule has 0 heterocycles. The highest BCUT2D eigenvalue weighted by Gasteiger charge is 1.94. The van der Waals surface area contributed by atoms with Crippen LogP contribution in [0.4, 0.5) is 4.79 Å². The molecule has 0 spiro atoms. The van der Waals surface area contributed by atoms with Gasteiger partial charge >= 0.3 is 6.03 Å². The first-order valence-electron chi connectivity index (χ1n) is 6.33. The van der Waals surface area contributed by atoms with Crippen molar-refractivity contribution in [3.05, 3.63) is 0 Å². The van der Waals surface area contributed by atoms with Crippen LogP contribution >= 0.6 is 0 Å². The first-order chi connectivity index (χ1) is 7.31. The van der Waals surface area contributed by atoms with E-state index in [1.54, 1.807) is 0 Å². The molecule has 0 saturated carbocycles. The lowest BCUT2D eigenvalue weighted by molar-refractivity contribution is 0.241. The molecule has 2 amide bonds. The number of urea groups is 1. The molecule has 0 aromatic rings. The third kappa shape index (κ3) is 24.6. The lowest BCUT2D eigenvalue weighted by atomic mass is 10.3. The van der Waals surface area contributed by atoms with E-state index in [4.69, 9.17) is 0 Å². The van der Waals surface area contributed by atoms with Crippen LogP contribution in [0.5, 0.6) is 0 Å². The molecule has 0 unspecified atom stereocenters. The molecule has 0 rings (SSSR count). The minimum Gasteiger partial charge on any atom is -0.338 e. The van der Waals surface area contributed by atoms with Crippen molar-refractivity contribution >= 4 is 6.03 Å². The van der Waals surface area contributed by atoms with E-state index in [-0.39, 0.29) is 6.03 Å². The Hall–Kier alpha value is -0.730. The van der Waals surface area contributed by atoms with Crippen LogP contribution in [-0.2, 0) is 0 Å². The van der Waals surface area contributed by atoms with Gasteiger partial charge in [-0.05, 0) is 12.8 Å². The van der Waals surface area contributed by atoms with E-state index in [0.717, 1.165) is 32.4 Å². The van der Waals surface area contributed by atoms with Gasteiger partial charge < -0.3 is 10.6 Å². The molecule has 0 bridgehead atoms. The number of nitrogens with one attached hydrogen (secondary N) is 2. The van der Waals surface area contributed by atoms with Gasteiger partial charge in [0.05, 0.1) is 0 Å². The average Bonchev–Trinajstić information content (AvgIpc) is 2.32. The Balaban J connectivity index is -0.000000318. The molecule has 3 heteroatoms. The van der Waals surface area contributed by atoms with E-state index in [9.17, 15) is 4.79 Å². The third-order valence-electron chi connectivity index (χ3n) is 1.35. The molecular weight excluding hydrogens is 188 g/mol. The molecule has 0 aliphatic heterocycles. The fourth-order valence-corrected chi connectivity index (χ4v) is 0.680. The van der Waals surface area contributed by atoms with Gasteiger partial charge in [-0.1, -0.05) is 48.0 Å². The standard InChI is InChI=1S/C8H18N2O.2C2H6/c1-3-5-7-10-8(11)9-6-4-2;2*1-2/h3-7H2,1-2H3,(H2,9,10,11);2*1-2H3. The Morgan fingerprint density at radius 3 is 1.73 bits per heavy atom. The third-order valence-corrected chi connectivity index (χ3v) is 1.35. The highest BCUT2D eigenvalue weighted by Crippen LogP contribution is 1.81. The Morgan fingerprint density at radius 2 is 1.33 bits per heavy atom. The molecule has 3 nitrogen and oxygen atoms in total. The van der Waals surface area contributed by atoms with E-state index < -0.39 is 0 Å². The first kappa shape index (κ1) is 19.8. The number of unbranched alkanes of at least 4 members (excludes halogenated alkanes) is 1. The number of rotatable bonds is 5. The SMILES string of the molecule is CC.CC.CCCCNC(=O)NCCC. The lowest BCUT2D eigenvalue weighted by Gasteiger charge is -2.04. The topological polar surface area (TPSA) is 41.1 Å². The van der Waals surface area contributed by atoms with Crippen molar-refractivity contribution in [3.8, 4) is 0 Å². The van der Waals surface area contributed by atoms with Gasteiger partial charge in [0.25, 0.3) is 0 Å². The molecule has 2 N–H and O–H groups in total. The molecule has 0 aromatic carbocycles. The minimum atomic E-state index is -0.0414. The fraction of sp³-hybridized carbons (Fsp3) is 0.917. The molecule has 15 heavy (non-hydrogen) atoms. The highest BCUT2D eigenvalue weighted by molar-refractivity contribution is 5.73. The molecule has 0 saturated heterocycles. The van der Waals surface area contributed by atoms with Gasteiger partial charge in [0.15, 0.2) is 0 Å². The molecule has 0 radical (unpaired) electrons. The van der Waals surface area contributed by atoms with Gasteiger partial charge in [-0.25, -0.2) is 4.79 Å². The van der Waals surface area contributed by atoms with Crippen LogP contribution in [0.1, 0.15) is 60.8 Å². The second-order valence-electron chi connectivity index (χ2n) is 2.54. The van der Waals surface area contributed by atoms with Gasteiger partial charge in [-0.3, -0.25) is 0 Å². The van der Waals surface area contributed by atoms with Gasteiger partial charge in [0.1, 0.15) is 0 Å². The van der Waals surface area contributed by atoms with E-state index >= 15 is 0 Å². The summed E-state index contributed by atoms with van der Waals surface area (Å²) in [6.07, 6.45) is 3.16. The van der Waals surface area contributed by atoms with Crippen LogP contribution in [-0.4, -0.2) is 19.1 Å². The summed E-state index contributed by atoms with van der Waals surface area (Å²) in [6, 6.07) is -0.0414. The zero-order valence-electron chi connectivity index (χ0n) is 11.4. The predicted molar refractivity (Wildman–Crippen MR) is 69.3 cm³/mol.